The van der Waals surface area contributed by atoms with Crippen LogP contribution in [0, 0.1) is 10.2 Å². The second-order valence-corrected chi connectivity index (χ2v) is 5.17. The molecule has 0 aliphatic carbocycles. The maximum Gasteiger partial charge on any atom is 0.103 e. The molecule has 0 aromatic carbocycles. The molecule has 1 unspecified atom stereocenters. The predicted molar refractivity (Wildman–Crippen MR) is 39.4 cm³/mol. The second kappa shape index (κ2) is 2.27. The lowest BCUT2D eigenvalue weighted by atomic mass is 10.0. The van der Waals surface area contributed by atoms with Crippen molar-refractivity contribution in [2.45, 2.75) is 20.8 Å². The molecule has 0 spiro atoms. The van der Waals surface area contributed by atoms with Gasteiger partial charge in [-0.25, -0.2) is 14.1 Å². The average Bonchev–Trinajstić information content (AvgIpc) is 1.14. The van der Waals surface area contributed by atoms with Gasteiger partial charge in [-0.3, -0.25) is 0 Å². The van der Waals surface area contributed by atoms with Crippen LogP contribution < -0.4 is 5.14 Å². The van der Waals surface area contributed by atoms with Gasteiger partial charge in [-0.05, 0) is 5.41 Å². The number of hydrogen-bond donors (Lipinski definition) is 2. The Hall–Kier alpha value is -0.0900. The molecule has 56 valence electrons. The van der Waals surface area contributed by atoms with Gasteiger partial charge in [-0.15, -0.1) is 0 Å². The van der Waals surface area contributed by atoms with Crippen molar-refractivity contribution in [2.75, 3.05) is 5.75 Å². The maximum atomic E-state index is 10.6. The van der Waals surface area contributed by atoms with Crippen LogP contribution in [0.15, 0.2) is 0 Å². The smallest absolute Gasteiger partial charge is 0.103 e. The summed E-state index contributed by atoms with van der Waals surface area (Å²) in [5.41, 5.74) is -0.104. The fourth-order valence-corrected chi connectivity index (χ4v) is 1.93. The molecule has 0 saturated carbocycles. The van der Waals surface area contributed by atoms with Crippen LogP contribution in [0.5, 0.6) is 0 Å². The van der Waals surface area contributed by atoms with Crippen molar-refractivity contribution >= 4 is 9.92 Å². The Labute approximate surface area is 56.7 Å². The van der Waals surface area contributed by atoms with Crippen LogP contribution in [0.1, 0.15) is 20.8 Å². The summed E-state index contributed by atoms with van der Waals surface area (Å²) in [7, 11) is -2.78. The van der Waals surface area contributed by atoms with Crippen LogP contribution in [-0.4, -0.2) is 9.96 Å². The van der Waals surface area contributed by atoms with Crippen molar-refractivity contribution in [3.63, 3.8) is 0 Å². The van der Waals surface area contributed by atoms with Gasteiger partial charge in [0.15, 0.2) is 0 Å². The van der Waals surface area contributed by atoms with Crippen LogP contribution in [0.3, 0.4) is 0 Å². The number of nitrogens with one attached hydrogen (secondary N) is 1. The van der Waals surface area contributed by atoms with Crippen LogP contribution >= 0.6 is 0 Å². The second-order valence-electron chi connectivity index (χ2n) is 3.43. The normalized spacial score (nSPS) is 19.1. The summed E-state index contributed by atoms with van der Waals surface area (Å²) < 4.78 is 17.5. The van der Waals surface area contributed by atoms with Gasteiger partial charge in [-0.2, -0.15) is 0 Å². The van der Waals surface area contributed by atoms with E-state index in [2.05, 4.69) is 0 Å². The first-order valence-electron chi connectivity index (χ1n) is 2.75. The van der Waals surface area contributed by atoms with Crippen molar-refractivity contribution in [1.82, 2.24) is 0 Å². The average molecular weight is 150 g/mol. The molecule has 0 saturated heterocycles. The molecule has 0 radical (unpaired) electrons. The van der Waals surface area contributed by atoms with Crippen molar-refractivity contribution < 1.29 is 4.21 Å². The molecule has 3 nitrogen and oxygen atoms in total. The van der Waals surface area contributed by atoms with Crippen molar-refractivity contribution in [1.29, 1.82) is 4.78 Å². The molecule has 0 aromatic heterocycles. The Morgan fingerprint density at radius 3 is 1.89 bits per heavy atom. The van der Waals surface area contributed by atoms with Crippen molar-refractivity contribution in [2.24, 2.45) is 10.6 Å². The molecule has 9 heavy (non-hydrogen) atoms. The number of nitrogens with two attached hydrogens (primary N) is 1. The van der Waals surface area contributed by atoms with E-state index in [1.54, 1.807) is 0 Å². The van der Waals surface area contributed by atoms with Crippen molar-refractivity contribution in [3.8, 4) is 0 Å². The van der Waals surface area contributed by atoms with Gasteiger partial charge in [0.25, 0.3) is 0 Å². The van der Waals surface area contributed by atoms with Crippen LogP contribution in [0.2, 0.25) is 0 Å². The standard InChI is InChI=1S/C5H14N2OS/c1-5(2,3)4-9(6,7)8/h4H2,1-3H3,(H3,6,7,8). The molecule has 4 heteroatoms. The van der Waals surface area contributed by atoms with E-state index in [0.29, 0.717) is 0 Å². The lowest BCUT2D eigenvalue weighted by molar-refractivity contribution is 0.472. The molecule has 1 atom stereocenters. The van der Waals surface area contributed by atoms with Gasteiger partial charge in [0, 0.05) is 5.75 Å². The molecular weight excluding hydrogens is 136 g/mol. The first kappa shape index (κ1) is 8.91. The summed E-state index contributed by atoms with van der Waals surface area (Å²) in [5.74, 6) is 0.264. The molecule has 0 aliphatic heterocycles. The summed E-state index contributed by atoms with van der Waals surface area (Å²) >= 11 is 0. The third-order valence-corrected chi connectivity index (χ3v) is 1.94. The quantitative estimate of drug-likeness (QED) is 0.574. The van der Waals surface area contributed by atoms with Crippen molar-refractivity contribution in [3.05, 3.63) is 0 Å². The minimum atomic E-state index is -2.78. The molecule has 0 amide bonds. The summed E-state index contributed by atoms with van der Waals surface area (Å²) in [6.45, 7) is 5.73. The summed E-state index contributed by atoms with van der Waals surface area (Å²) in [4.78, 5) is 0. The van der Waals surface area contributed by atoms with Gasteiger partial charge in [-0.1, -0.05) is 20.8 Å². The van der Waals surface area contributed by atoms with E-state index in [4.69, 9.17) is 9.92 Å². The molecule has 0 rings (SSSR count). The van der Waals surface area contributed by atoms with E-state index in [0.717, 1.165) is 0 Å². The number of rotatable bonds is 1. The largest absolute Gasteiger partial charge is 0.245 e. The Bertz CT molecular complexity index is 176. The first-order valence-corrected chi connectivity index (χ1v) is 4.54. The van der Waals surface area contributed by atoms with E-state index in [1.807, 2.05) is 20.8 Å². The van der Waals surface area contributed by atoms with Gasteiger partial charge < -0.3 is 0 Å². The van der Waals surface area contributed by atoms with Crippen LogP contribution in [0.4, 0.5) is 0 Å². The molecule has 0 aromatic rings. The van der Waals surface area contributed by atoms with Gasteiger partial charge in [0.05, 0.1) is 0 Å². The third kappa shape index (κ3) is 7.91. The zero-order chi connectivity index (χ0) is 7.71. The molecule has 0 heterocycles. The lowest BCUT2D eigenvalue weighted by Gasteiger charge is -2.16. The Morgan fingerprint density at radius 2 is 1.89 bits per heavy atom. The molecular formula is C5H14N2OS. The fourth-order valence-electron chi connectivity index (χ4n) is 0.643. The zero-order valence-electron chi connectivity index (χ0n) is 6.10. The van der Waals surface area contributed by atoms with E-state index in [9.17, 15) is 4.21 Å². The predicted octanol–water partition coefficient (Wildman–Crippen LogP) is 0.953. The fraction of sp³-hybridized carbons (Fsp3) is 1.00. The molecule has 0 aliphatic rings. The maximum absolute atomic E-state index is 10.6. The van der Waals surface area contributed by atoms with E-state index in [1.165, 1.54) is 0 Å². The molecule has 0 bridgehead atoms. The lowest BCUT2D eigenvalue weighted by Crippen LogP contribution is -2.25. The SMILES string of the molecule is CC(C)(C)CS(=N)(N)=O. The van der Waals surface area contributed by atoms with E-state index < -0.39 is 9.92 Å². The third-order valence-electron chi connectivity index (χ3n) is 0.647. The van der Waals surface area contributed by atoms with E-state index >= 15 is 0 Å². The Kier molecular flexibility index (Phi) is 2.24. The zero-order valence-corrected chi connectivity index (χ0v) is 6.92. The van der Waals surface area contributed by atoms with Gasteiger partial charge in [0.1, 0.15) is 9.92 Å². The highest BCUT2D eigenvalue weighted by Crippen LogP contribution is 2.14. The number of hydrogen-bond acceptors (Lipinski definition) is 2. The summed E-state index contributed by atoms with van der Waals surface area (Å²) in [6, 6.07) is 0. The minimum Gasteiger partial charge on any atom is -0.245 e. The minimum absolute atomic E-state index is 0.104. The monoisotopic (exact) mass is 150 g/mol. The van der Waals surface area contributed by atoms with Gasteiger partial charge in [0.2, 0.25) is 0 Å². The van der Waals surface area contributed by atoms with E-state index in [-0.39, 0.29) is 11.2 Å². The first-order chi connectivity index (χ1) is 3.71. The summed E-state index contributed by atoms with van der Waals surface area (Å²) in [5, 5.41) is 5.02. The van der Waals surface area contributed by atoms with Crippen LogP contribution in [0.25, 0.3) is 0 Å². The highest BCUT2D eigenvalue weighted by atomic mass is 32.2. The molecule has 0 fully saturated rings. The Balaban J connectivity index is 4.07. The summed E-state index contributed by atoms with van der Waals surface area (Å²) in [6.07, 6.45) is 0. The molecule has 3 N–H and O–H groups in total. The van der Waals surface area contributed by atoms with Gasteiger partial charge >= 0.3 is 0 Å². The highest BCUT2D eigenvalue weighted by Gasteiger charge is 2.14. The van der Waals surface area contributed by atoms with Crippen LogP contribution in [-0.2, 0) is 9.92 Å². The topological polar surface area (TPSA) is 66.9 Å². The Morgan fingerprint density at radius 1 is 1.56 bits per heavy atom. The highest BCUT2D eigenvalue weighted by molar-refractivity contribution is 7.90.